The Balaban J connectivity index is 1.66. The van der Waals surface area contributed by atoms with Crippen molar-refractivity contribution < 1.29 is 9.18 Å². The van der Waals surface area contributed by atoms with Gasteiger partial charge in [-0.1, -0.05) is 0 Å². The van der Waals surface area contributed by atoms with Crippen LogP contribution >= 0.6 is 11.8 Å². The van der Waals surface area contributed by atoms with Gasteiger partial charge in [0, 0.05) is 24.3 Å². The smallest absolute Gasteiger partial charge is 0.231 e. The second-order valence-electron chi connectivity index (χ2n) is 6.49. The lowest BCUT2D eigenvalue weighted by atomic mass is 10.2. The number of halogens is 1. The van der Waals surface area contributed by atoms with Gasteiger partial charge in [-0.15, -0.1) is 0 Å². The Morgan fingerprint density at radius 2 is 2.21 bits per heavy atom. The summed E-state index contributed by atoms with van der Waals surface area (Å²) in [5.74, 6) is 0.251. The number of hydrogen-bond donors (Lipinski definition) is 0. The molecule has 0 saturated heterocycles. The van der Waals surface area contributed by atoms with Gasteiger partial charge in [0.05, 0.1) is 41.6 Å². The number of hydrogen-bond acceptors (Lipinski definition) is 4. The van der Waals surface area contributed by atoms with Gasteiger partial charge in [0.25, 0.3) is 0 Å². The van der Waals surface area contributed by atoms with Crippen molar-refractivity contribution in [3.05, 3.63) is 36.2 Å². The highest BCUT2D eigenvalue weighted by atomic mass is 32.2. The van der Waals surface area contributed by atoms with Crippen molar-refractivity contribution in [2.75, 3.05) is 18.2 Å². The second kappa shape index (κ2) is 5.88. The molecule has 126 valence electrons. The molecule has 0 aromatic carbocycles. The molecule has 4 rings (SSSR count). The van der Waals surface area contributed by atoms with Crippen LogP contribution in [-0.2, 0) is 4.79 Å². The van der Waals surface area contributed by atoms with Crippen LogP contribution in [0.5, 0.6) is 0 Å². The molecule has 24 heavy (non-hydrogen) atoms. The normalized spacial score (nSPS) is 22.5. The van der Waals surface area contributed by atoms with Gasteiger partial charge < -0.3 is 4.90 Å². The molecule has 0 bridgehead atoms. The average molecular weight is 346 g/mol. The maximum Gasteiger partial charge on any atom is 0.231 e. The van der Waals surface area contributed by atoms with Crippen LogP contribution in [0.4, 0.5) is 10.1 Å². The van der Waals surface area contributed by atoms with E-state index in [0.29, 0.717) is 16.9 Å². The van der Waals surface area contributed by atoms with Crippen molar-refractivity contribution in [2.45, 2.75) is 30.4 Å². The molecular weight excluding hydrogens is 327 g/mol. The first-order valence-corrected chi connectivity index (χ1v) is 9.38. The molecular formula is C17H19FN4OS. The van der Waals surface area contributed by atoms with Crippen LogP contribution in [0.2, 0.25) is 0 Å². The monoisotopic (exact) mass is 346 g/mol. The van der Waals surface area contributed by atoms with Crippen LogP contribution in [0.25, 0.3) is 5.69 Å². The summed E-state index contributed by atoms with van der Waals surface area (Å²) < 4.78 is 15.1. The minimum Gasteiger partial charge on any atom is -0.312 e. The SMILES string of the molecule is CSC1CC1C(=O)N(C)c1cn(-c2cncc(F)c2)nc1C1CC1. The summed E-state index contributed by atoms with van der Waals surface area (Å²) in [7, 11) is 1.81. The largest absolute Gasteiger partial charge is 0.312 e. The number of aromatic nitrogens is 3. The van der Waals surface area contributed by atoms with E-state index in [1.165, 1.54) is 12.3 Å². The third kappa shape index (κ3) is 2.81. The molecule has 1 amide bonds. The fourth-order valence-electron chi connectivity index (χ4n) is 3.00. The summed E-state index contributed by atoms with van der Waals surface area (Å²) in [5, 5.41) is 5.05. The Morgan fingerprint density at radius 1 is 1.42 bits per heavy atom. The first kappa shape index (κ1) is 15.6. The summed E-state index contributed by atoms with van der Waals surface area (Å²) in [6.07, 6.45) is 9.73. The molecule has 2 fully saturated rings. The summed E-state index contributed by atoms with van der Waals surface area (Å²) >= 11 is 1.75. The summed E-state index contributed by atoms with van der Waals surface area (Å²) in [6.45, 7) is 0. The third-order valence-electron chi connectivity index (χ3n) is 4.69. The van der Waals surface area contributed by atoms with E-state index in [1.807, 2.05) is 19.5 Å². The van der Waals surface area contributed by atoms with E-state index in [2.05, 4.69) is 10.1 Å². The van der Waals surface area contributed by atoms with E-state index in [9.17, 15) is 9.18 Å². The zero-order valence-corrected chi connectivity index (χ0v) is 14.5. The molecule has 2 aliphatic carbocycles. The number of pyridine rings is 1. The first-order valence-electron chi connectivity index (χ1n) is 8.09. The van der Waals surface area contributed by atoms with Crippen molar-refractivity contribution in [2.24, 2.45) is 5.92 Å². The Morgan fingerprint density at radius 3 is 2.83 bits per heavy atom. The molecule has 2 aromatic rings. The quantitative estimate of drug-likeness (QED) is 0.835. The lowest BCUT2D eigenvalue weighted by Crippen LogP contribution is -2.29. The number of anilines is 1. The minimum atomic E-state index is -0.400. The maximum atomic E-state index is 13.4. The zero-order valence-electron chi connectivity index (χ0n) is 13.6. The van der Waals surface area contributed by atoms with Crippen LogP contribution in [0.3, 0.4) is 0 Å². The Bertz CT molecular complexity index is 789. The van der Waals surface area contributed by atoms with E-state index in [1.54, 1.807) is 27.5 Å². The Kier molecular flexibility index (Phi) is 3.83. The second-order valence-corrected chi connectivity index (χ2v) is 7.57. The lowest BCUT2D eigenvalue weighted by Gasteiger charge is -2.16. The van der Waals surface area contributed by atoms with Crippen molar-refractivity contribution >= 4 is 23.4 Å². The fourth-order valence-corrected chi connectivity index (χ4v) is 3.85. The predicted molar refractivity (Wildman–Crippen MR) is 92.1 cm³/mol. The number of nitrogens with zero attached hydrogens (tertiary/aromatic N) is 4. The van der Waals surface area contributed by atoms with Crippen molar-refractivity contribution in [1.82, 2.24) is 14.8 Å². The van der Waals surface area contributed by atoms with Crippen molar-refractivity contribution in [3.8, 4) is 5.69 Å². The van der Waals surface area contributed by atoms with Crippen molar-refractivity contribution in [1.29, 1.82) is 0 Å². The number of thioether (sulfide) groups is 1. The Labute approximate surface area is 144 Å². The van der Waals surface area contributed by atoms with Gasteiger partial charge in [-0.2, -0.15) is 16.9 Å². The zero-order chi connectivity index (χ0) is 16.8. The highest BCUT2D eigenvalue weighted by molar-refractivity contribution is 7.99. The molecule has 2 atom stereocenters. The fraction of sp³-hybridized carbons (Fsp3) is 0.471. The van der Waals surface area contributed by atoms with Gasteiger partial charge >= 0.3 is 0 Å². The Hall–Kier alpha value is -1.89. The van der Waals surface area contributed by atoms with Crippen LogP contribution < -0.4 is 4.90 Å². The predicted octanol–water partition coefficient (Wildman–Crippen LogP) is 3.00. The van der Waals surface area contributed by atoms with Crippen molar-refractivity contribution in [3.63, 3.8) is 0 Å². The topological polar surface area (TPSA) is 51.0 Å². The molecule has 0 aliphatic heterocycles. The lowest BCUT2D eigenvalue weighted by molar-refractivity contribution is -0.119. The molecule has 2 aliphatic rings. The van der Waals surface area contributed by atoms with E-state index in [0.717, 1.165) is 30.6 Å². The third-order valence-corrected chi connectivity index (χ3v) is 5.81. The summed E-state index contributed by atoms with van der Waals surface area (Å²) in [4.78, 5) is 18.3. The van der Waals surface area contributed by atoms with Crippen LogP contribution in [0.15, 0.2) is 24.7 Å². The summed E-state index contributed by atoms with van der Waals surface area (Å²) in [6, 6.07) is 1.40. The van der Waals surface area contributed by atoms with E-state index < -0.39 is 5.82 Å². The molecule has 5 nitrogen and oxygen atoms in total. The number of amides is 1. The molecule has 2 heterocycles. The molecule has 0 radical (unpaired) electrons. The number of carbonyl (C=O) groups is 1. The van der Waals surface area contributed by atoms with Crippen LogP contribution in [-0.4, -0.2) is 39.2 Å². The molecule has 2 saturated carbocycles. The van der Waals surface area contributed by atoms with E-state index in [4.69, 9.17) is 0 Å². The van der Waals surface area contributed by atoms with Gasteiger partial charge in [-0.3, -0.25) is 9.78 Å². The van der Waals surface area contributed by atoms with Crippen LogP contribution in [0.1, 0.15) is 30.9 Å². The summed E-state index contributed by atoms with van der Waals surface area (Å²) in [5.41, 5.74) is 2.33. The van der Waals surface area contributed by atoms with Gasteiger partial charge in [-0.05, 0) is 25.5 Å². The minimum absolute atomic E-state index is 0.108. The van der Waals surface area contributed by atoms with E-state index in [-0.39, 0.29) is 11.8 Å². The molecule has 2 aromatic heterocycles. The van der Waals surface area contributed by atoms with Gasteiger partial charge in [0.1, 0.15) is 5.82 Å². The van der Waals surface area contributed by atoms with Gasteiger partial charge in [0.15, 0.2) is 0 Å². The highest BCUT2D eigenvalue weighted by Crippen LogP contribution is 2.46. The molecule has 7 heteroatoms. The maximum absolute atomic E-state index is 13.4. The molecule has 0 spiro atoms. The first-order chi connectivity index (χ1) is 11.6. The number of rotatable bonds is 5. The van der Waals surface area contributed by atoms with Gasteiger partial charge in [-0.25, -0.2) is 9.07 Å². The van der Waals surface area contributed by atoms with E-state index >= 15 is 0 Å². The van der Waals surface area contributed by atoms with Crippen LogP contribution in [0, 0.1) is 11.7 Å². The standard InChI is InChI=1S/C17H19FN4OS/c1-21(17(23)13-6-15(13)24-2)14-9-22(20-16(14)10-3-4-10)12-5-11(18)7-19-8-12/h5,7-10,13,15H,3-4,6H2,1-2H3. The average Bonchev–Trinajstić information content (AvgIpc) is 3.50. The molecule has 2 unspecified atom stereocenters. The highest BCUT2D eigenvalue weighted by Gasteiger charge is 2.45. The number of carbonyl (C=O) groups excluding carboxylic acids is 1. The van der Waals surface area contributed by atoms with Gasteiger partial charge in [0.2, 0.25) is 5.91 Å². The molecule has 0 N–H and O–H groups in total.